The zero-order chi connectivity index (χ0) is 13.0. The van der Waals surface area contributed by atoms with Crippen LogP contribution in [0.15, 0.2) is 28.7 Å². The number of hydrogen-bond acceptors (Lipinski definition) is 3. The van der Waals surface area contributed by atoms with E-state index >= 15 is 0 Å². The molecule has 3 nitrogen and oxygen atoms in total. The van der Waals surface area contributed by atoms with E-state index in [-0.39, 0.29) is 11.6 Å². The zero-order valence-corrected chi connectivity index (χ0v) is 12.4. The van der Waals surface area contributed by atoms with Gasteiger partial charge in [0.2, 0.25) is 0 Å². The van der Waals surface area contributed by atoms with E-state index in [9.17, 15) is 0 Å². The summed E-state index contributed by atoms with van der Waals surface area (Å²) in [6.45, 7) is 0. The highest BCUT2D eigenvalue weighted by Gasteiger charge is 2.41. The van der Waals surface area contributed by atoms with Gasteiger partial charge in [-0.05, 0) is 37.0 Å². The minimum atomic E-state index is -0.100. The molecule has 1 aliphatic carbocycles. The topological polar surface area (TPSA) is 47.3 Å². The first-order valence-electron chi connectivity index (χ1n) is 6.46. The van der Waals surface area contributed by atoms with Crippen molar-refractivity contribution in [1.82, 2.24) is 5.43 Å². The third-order valence-electron chi connectivity index (χ3n) is 4.02. The number of nitrogens with two attached hydrogens (primary N) is 1. The van der Waals surface area contributed by atoms with Crippen LogP contribution in [0.1, 0.15) is 31.2 Å². The average molecular weight is 313 g/mol. The summed E-state index contributed by atoms with van der Waals surface area (Å²) in [4.78, 5) is 0. The summed E-state index contributed by atoms with van der Waals surface area (Å²) in [5.74, 6) is 5.76. The van der Waals surface area contributed by atoms with Gasteiger partial charge in [0.1, 0.15) is 0 Å². The lowest BCUT2D eigenvalue weighted by atomic mass is 9.88. The highest BCUT2D eigenvalue weighted by molar-refractivity contribution is 9.10. The fourth-order valence-corrected chi connectivity index (χ4v) is 3.41. The van der Waals surface area contributed by atoms with Gasteiger partial charge in [-0.25, -0.2) is 0 Å². The number of rotatable bonds is 5. The van der Waals surface area contributed by atoms with Crippen LogP contribution in [-0.2, 0) is 11.2 Å². The third-order valence-corrected chi connectivity index (χ3v) is 4.51. The van der Waals surface area contributed by atoms with E-state index in [1.54, 1.807) is 7.11 Å². The third kappa shape index (κ3) is 2.94. The predicted molar refractivity (Wildman–Crippen MR) is 77.2 cm³/mol. The number of hydrazine groups is 1. The molecule has 18 heavy (non-hydrogen) atoms. The summed E-state index contributed by atoms with van der Waals surface area (Å²) < 4.78 is 6.91. The van der Waals surface area contributed by atoms with E-state index in [2.05, 4.69) is 39.6 Å². The molecule has 0 aliphatic heterocycles. The molecule has 1 aromatic rings. The number of halogens is 1. The first kappa shape index (κ1) is 14.0. The van der Waals surface area contributed by atoms with Gasteiger partial charge in [0.05, 0.1) is 11.6 Å². The SMILES string of the molecule is COC1(C(Cc2cccc(Br)c2)NN)CCCC1. The summed E-state index contributed by atoms with van der Waals surface area (Å²) in [5.41, 5.74) is 4.14. The summed E-state index contributed by atoms with van der Waals surface area (Å²) in [7, 11) is 1.80. The first-order chi connectivity index (χ1) is 8.70. The number of benzene rings is 1. The van der Waals surface area contributed by atoms with Gasteiger partial charge >= 0.3 is 0 Å². The van der Waals surface area contributed by atoms with Crippen LogP contribution in [-0.4, -0.2) is 18.8 Å². The molecule has 0 saturated heterocycles. The van der Waals surface area contributed by atoms with Crippen LogP contribution in [0.2, 0.25) is 0 Å². The molecule has 100 valence electrons. The Labute approximate surface area is 117 Å². The fraction of sp³-hybridized carbons (Fsp3) is 0.571. The van der Waals surface area contributed by atoms with Crippen molar-refractivity contribution in [1.29, 1.82) is 0 Å². The lowest BCUT2D eigenvalue weighted by molar-refractivity contribution is -0.0355. The molecule has 1 saturated carbocycles. The molecule has 4 heteroatoms. The molecular formula is C14H21BrN2O. The molecule has 1 aliphatic rings. The van der Waals surface area contributed by atoms with Gasteiger partial charge in [0, 0.05) is 11.6 Å². The van der Waals surface area contributed by atoms with Gasteiger partial charge in [0.25, 0.3) is 0 Å². The minimum Gasteiger partial charge on any atom is -0.377 e. The molecule has 0 amide bonds. The maximum absolute atomic E-state index is 5.80. The second-order valence-electron chi connectivity index (χ2n) is 5.03. The molecule has 0 radical (unpaired) electrons. The van der Waals surface area contributed by atoms with E-state index < -0.39 is 0 Å². The molecule has 1 atom stereocenters. The van der Waals surface area contributed by atoms with Crippen molar-refractivity contribution < 1.29 is 4.74 Å². The Kier molecular flexibility index (Phi) is 4.78. The van der Waals surface area contributed by atoms with Gasteiger partial charge in [0.15, 0.2) is 0 Å². The standard InChI is InChI=1S/C14H21BrN2O/c1-18-14(7-2-3-8-14)13(17-16)10-11-5-4-6-12(15)9-11/h4-6,9,13,17H,2-3,7-8,10,16H2,1H3. The number of ether oxygens (including phenoxy) is 1. The summed E-state index contributed by atoms with van der Waals surface area (Å²) in [6, 6.07) is 8.53. The van der Waals surface area contributed by atoms with Crippen LogP contribution in [0.5, 0.6) is 0 Å². The van der Waals surface area contributed by atoms with Gasteiger partial charge in [-0.15, -0.1) is 0 Å². The quantitative estimate of drug-likeness (QED) is 0.649. The Hall–Kier alpha value is -0.420. The normalized spacial score (nSPS) is 19.9. The van der Waals surface area contributed by atoms with Crippen molar-refractivity contribution in [3.8, 4) is 0 Å². The van der Waals surface area contributed by atoms with Crippen molar-refractivity contribution in [2.45, 2.75) is 43.7 Å². The molecule has 1 unspecified atom stereocenters. The second kappa shape index (κ2) is 6.15. The van der Waals surface area contributed by atoms with E-state index in [1.807, 2.05) is 6.07 Å². The van der Waals surface area contributed by atoms with Crippen LogP contribution in [0.3, 0.4) is 0 Å². The first-order valence-corrected chi connectivity index (χ1v) is 7.25. The Morgan fingerprint density at radius 2 is 2.17 bits per heavy atom. The lowest BCUT2D eigenvalue weighted by Gasteiger charge is -2.36. The van der Waals surface area contributed by atoms with Gasteiger partial charge < -0.3 is 4.74 Å². The van der Waals surface area contributed by atoms with Crippen LogP contribution in [0.25, 0.3) is 0 Å². The molecule has 0 bridgehead atoms. The van der Waals surface area contributed by atoms with Crippen LogP contribution in [0, 0.1) is 0 Å². The fourth-order valence-electron chi connectivity index (χ4n) is 2.96. The number of hydrogen-bond donors (Lipinski definition) is 2. The highest BCUT2D eigenvalue weighted by Crippen LogP contribution is 2.36. The van der Waals surface area contributed by atoms with E-state index in [0.717, 1.165) is 23.7 Å². The van der Waals surface area contributed by atoms with Crippen LogP contribution in [0.4, 0.5) is 0 Å². The number of methoxy groups -OCH3 is 1. The molecule has 0 spiro atoms. The Morgan fingerprint density at radius 3 is 2.72 bits per heavy atom. The molecule has 0 aromatic heterocycles. The van der Waals surface area contributed by atoms with Crippen molar-refractivity contribution in [3.05, 3.63) is 34.3 Å². The van der Waals surface area contributed by atoms with Crippen molar-refractivity contribution in [2.75, 3.05) is 7.11 Å². The second-order valence-corrected chi connectivity index (χ2v) is 5.94. The summed E-state index contributed by atoms with van der Waals surface area (Å²) >= 11 is 3.51. The van der Waals surface area contributed by atoms with Crippen molar-refractivity contribution in [3.63, 3.8) is 0 Å². The van der Waals surface area contributed by atoms with Crippen LogP contribution < -0.4 is 11.3 Å². The van der Waals surface area contributed by atoms with Gasteiger partial charge in [-0.3, -0.25) is 11.3 Å². The largest absolute Gasteiger partial charge is 0.377 e. The minimum absolute atomic E-state index is 0.100. The van der Waals surface area contributed by atoms with E-state index in [0.29, 0.717) is 0 Å². The maximum atomic E-state index is 5.80. The van der Waals surface area contributed by atoms with E-state index in [1.165, 1.54) is 18.4 Å². The zero-order valence-electron chi connectivity index (χ0n) is 10.8. The number of nitrogens with one attached hydrogen (secondary N) is 1. The molecule has 2 rings (SSSR count). The Morgan fingerprint density at radius 1 is 1.44 bits per heavy atom. The van der Waals surface area contributed by atoms with Crippen molar-refractivity contribution in [2.24, 2.45) is 5.84 Å². The molecular weight excluding hydrogens is 292 g/mol. The van der Waals surface area contributed by atoms with Gasteiger partial charge in [-0.2, -0.15) is 0 Å². The van der Waals surface area contributed by atoms with Crippen LogP contribution >= 0.6 is 15.9 Å². The molecule has 1 fully saturated rings. The summed E-state index contributed by atoms with van der Waals surface area (Å²) in [6.07, 6.45) is 5.53. The smallest absolute Gasteiger partial charge is 0.0847 e. The monoisotopic (exact) mass is 312 g/mol. The predicted octanol–water partition coefficient (Wildman–Crippen LogP) is 2.78. The molecule has 3 N–H and O–H groups in total. The Bertz CT molecular complexity index is 391. The maximum Gasteiger partial charge on any atom is 0.0847 e. The highest BCUT2D eigenvalue weighted by atomic mass is 79.9. The molecule has 0 heterocycles. The van der Waals surface area contributed by atoms with E-state index in [4.69, 9.17) is 10.6 Å². The summed E-state index contributed by atoms with van der Waals surface area (Å²) in [5, 5.41) is 0. The lowest BCUT2D eigenvalue weighted by Crippen LogP contribution is -2.54. The Balaban J connectivity index is 2.13. The average Bonchev–Trinajstić information content (AvgIpc) is 2.86. The van der Waals surface area contributed by atoms with Gasteiger partial charge in [-0.1, -0.05) is 40.9 Å². The van der Waals surface area contributed by atoms with Crippen molar-refractivity contribution >= 4 is 15.9 Å². The molecule has 1 aromatic carbocycles.